The van der Waals surface area contributed by atoms with E-state index in [0.717, 1.165) is 25.8 Å². The van der Waals surface area contributed by atoms with Gasteiger partial charge in [0.25, 0.3) is 0 Å². The normalized spacial score (nSPS) is 21.2. The fraction of sp³-hybridized carbons (Fsp3) is 0.571. The Morgan fingerprint density at radius 2 is 1.94 bits per heavy atom. The van der Waals surface area contributed by atoms with Gasteiger partial charge in [0.15, 0.2) is 17.4 Å². The lowest BCUT2D eigenvalue weighted by molar-refractivity contribution is 0.136. The molecule has 0 radical (unpaired) electrons. The number of hydrogen-bond donors (Lipinski definition) is 1. The van der Waals surface area contributed by atoms with E-state index in [1.54, 1.807) is 0 Å². The van der Waals surface area contributed by atoms with Crippen molar-refractivity contribution in [3.05, 3.63) is 29.3 Å². The summed E-state index contributed by atoms with van der Waals surface area (Å²) in [5.74, 6) is -2.64. The monoisotopic (exact) mass is 255 g/mol. The van der Waals surface area contributed by atoms with Crippen LogP contribution < -0.4 is 0 Å². The predicted molar refractivity (Wildman–Crippen MR) is 66.4 cm³/mol. The van der Waals surface area contributed by atoms with Crippen molar-refractivity contribution in [2.24, 2.45) is 0 Å². The molecular weight excluding hydrogens is 236 g/mol. The molecule has 1 unspecified atom stereocenters. The van der Waals surface area contributed by atoms with Gasteiger partial charge >= 0.3 is 0 Å². The van der Waals surface area contributed by atoms with E-state index in [0.29, 0.717) is 18.2 Å². The molecule has 0 spiro atoms. The van der Waals surface area contributed by atoms with E-state index in [1.807, 2.05) is 0 Å². The van der Waals surface area contributed by atoms with Gasteiger partial charge in [0.05, 0.1) is 0 Å². The second kappa shape index (κ2) is 5.65. The Bertz CT molecular complexity index is 399. The Balaban J connectivity index is 2.13. The number of benzene rings is 1. The lowest BCUT2D eigenvalue weighted by Crippen LogP contribution is -2.38. The number of phenols is 1. The van der Waals surface area contributed by atoms with Gasteiger partial charge in [-0.15, -0.1) is 0 Å². The fourth-order valence-electron chi connectivity index (χ4n) is 2.67. The molecule has 0 aliphatic carbocycles. The van der Waals surface area contributed by atoms with E-state index in [4.69, 9.17) is 5.11 Å². The highest BCUT2D eigenvalue weighted by molar-refractivity contribution is 5.30. The molecule has 1 aromatic rings. The first kappa shape index (κ1) is 13.3. The Morgan fingerprint density at radius 1 is 1.28 bits per heavy atom. The second-order valence-corrected chi connectivity index (χ2v) is 4.94. The summed E-state index contributed by atoms with van der Waals surface area (Å²) >= 11 is 0. The van der Waals surface area contributed by atoms with Gasteiger partial charge in [-0.05, 0) is 43.5 Å². The summed E-state index contributed by atoms with van der Waals surface area (Å²) in [7, 11) is 0. The standard InChI is InChI=1S/C14H19F2NO/c1-2-11-5-3-4-6-17(11)9-10-7-12(15)14(18)13(16)8-10/h7-8,11,18H,2-6,9H2,1H3. The molecule has 0 aromatic heterocycles. The Labute approximate surface area is 106 Å². The molecule has 1 fully saturated rings. The highest BCUT2D eigenvalue weighted by Gasteiger charge is 2.21. The van der Waals surface area contributed by atoms with Crippen LogP contribution in [-0.2, 0) is 6.54 Å². The first-order valence-electron chi connectivity index (χ1n) is 6.52. The molecule has 1 heterocycles. The van der Waals surface area contributed by atoms with Crippen LogP contribution >= 0.6 is 0 Å². The van der Waals surface area contributed by atoms with Gasteiger partial charge < -0.3 is 5.11 Å². The van der Waals surface area contributed by atoms with Crippen molar-refractivity contribution in [2.45, 2.75) is 45.2 Å². The predicted octanol–water partition coefficient (Wildman–Crippen LogP) is 3.43. The van der Waals surface area contributed by atoms with Gasteiger partial charge in [-0.1, -0.05) is 13.3 Å². The number of likely N-dealkylation sites (tertiary alicyclic amines) is 1. The third-order valence-electron chi connectivity index (χ3n) is 3.68. The van der Waals surface area contributed by atoms with Crippen molar-refractivity contribution < 1.29 is 13.9 Å². The van der Waals surface area contributed by atoms with E-state index in [9.17, 15) is 8.78 Å². The quantitative estimate of drug-likeness (QED) is 0.894. The van der Waals surface area contributed by atoms with Crippen LogP contribution in [0.4, 0.5) is 8.78 Å². The first-order chi connectivity index (χ1) is 8.61. The van der Waals surface area contributed by atoms with E-state index in [2.05, 4.69) is 11.8 Å². The van der Waals surface area contributed by atoms with Gasteiger partial charge in [0, 0.05) is 12.6 Å². The lowest BCUT2D eigenvalue weighted by atomic mass is 9.99. The number of halogens is 2. The highest BCUT2D eigenvalue weighted by atomic mass is 19.1. The number of piperidine rings is 1. The van der Waals surface area contributed by atoms with Crippen LogP contribution in [0.25, 0.3) is 0 Å². The summed E-state index contributed by atoms with van der Waals surface area (Å²) in [4.78, 5) is 2.27. The van der Waals surface area contributed by atoms with Gasteiger partial charge in [0.2, 0.25) is 0 Å². The zero-order valence-corrected chi connectivity index (χ0v) is 10.6. The summed E-state index contributed by atoms with van der Waals surface area (Å²) in [6.45, 7) is 3.66. The maximum atomic E-state index is 13.3. The number of hydrogen-bond acceptors (Lipinski definition) is 2. The average Bonchev–Trinajstić information content (AvgIpc) is 2.36. The van der Waals surface area contributed by atoms with Crippen LogP contribution in [0.3, 0.4) is 0 Å². The Morgan fingerprint density at radius 3 is 2.56 bits per heavy atom. The van der Waals surface area contributed by atoms with Crippen molar-refractivity contribution in [3.63, 3.8) is 0 Å². The molecule has 2 nitrogen and oxygen atoms in total. The molecule has 1 atom stereocenters. The number of rotatable bonds is 3. The molecule has 0 amide bonds. The molecule has 4 heteroatoms. The van der Waals surface area contributed by atoms with Crippen LogP contribution in [0.1, 0.15) is 38.2 Å². The minimum atomic E-state index is -0.885. The van der Waals surface area contributed by atoms with E-state index < -0.39 is 17.4 Å². The Kier molecular flexibility index (Phi) is 4.17. The molecule has 18 heavy (non-hydrogen) atoms. The molecule has 1 saturated heterocycles. The minimum absolute atomic E-state index is 0.499. The van der Waals surface area contributed by atoms with Crippen LogP contribution in [-0.4, -0.2) is 22.6 Å². The van der Waals surface area contributed by atoms with Gasteiger partial charge in [-0.2, -0.15) is 0 Å². The summed E-state index contributed by atoms with van der Waals surface area (Å²) in [6.07, 6.45) is 4.58. The smallest absolute Gasteiger partial charge is 0.187 e. The molecule has 1 N–H and O–H groups in total. The molecule has 1 aliphatic rings. The number of aromatic hydroxyl groups is 1. The first-order valence-corrected chi connectivity index (χ1v) is 6.52. The molecule has 0 bridgehead atoms. The summed E-state index contributed by atoms with van der Waals surface area (Å²) < 4.78 is 26.5. The van der Waals surface area contributed by atoms with Gasteiger partial charge in [0.1, 0.15) is 0 Å². The van der Waals surface area contributed by atoms with Crippen LogP contribution in [0.2, 0.25) is 0 Å². The topological polar surface area (TPSA) is 23.5 Å². The fourth-order valence-corrected chi connectivity index (χ4v) is 2.67. The van der Waals surface area contributed by atoms with Gasteiger partial charge in [-0.25, -0.2) is 8.78 Å². The molecule has 2 rings (SSSR count). The summed E-state index contributed by atoms with van der Waals surface area (Å²) in [6, 6.07) is 2.94. The third-order valence-corrected chi connectivity index (χ3v) is 3.68. The van der Waals surface area contributed by atoms with Crippen LogP contribution in [0, 0.1) is 11.6 Å². The van der Waals surface area contributed by atoms with Crippen molar-refractivity contribution in [2.75, 3.05) is 6.54 Å². The maximum absolute atomic E-state index is 13.3. The molecular formula is C14H19F2NO. The van der Waals surface area contributed by atoms with Crippen molar-refractivity contribution in [1.29, 1.82) is 0 Å². The summed E-state index contributed by atoms with van der Waals surface area (Å²) in [5.41, 5.74) is 0.586. The zero-order chi connectivity index (χ0) is 13.1. The zero-order valence-electron chi connectivity index (χ0n) is 10.6. The largest absolute Gasteiger partial charge is 0.503 e. The molecule has 1 aliphatic heterocycles. The van der Waals surface area contributed by atoms with Crippen molar-refractivity contribution >= 4 is 0 Å². The van der Waals surface area contributed by atoms with Crippen molar-refractivity contribution in [1.82, 2.24) is 4.90 Å². The minimum Gasteiger partial charge on any atom is -0.503 e. The van der Waals surface area contributed by atoms with E-state index >= 15 is 0 Å². The summed E-state index contributed by atoms with van der Waals surface area (Å²) in [5, 5.41) is 9.07. The lowest BCUT2D eigenvalue weighted by Gasteiger charge is -2.35. The molecule has 0 saturated carbocycles. The maximum Gasteiger partial charge on any atom is 0.187 e. The van der Waals surface area contributed by atoms with E-state index in [-0.39, 0.29) is 0 Å². The van der Waals surface area contributed by atoms with Crippen molar-refractivity contribution in [3.8, 4) is 5.75 Å². The van der Waals surface area contributed by atoms with E-state index in [1.165, 1.54) is 18.6 Å². The third kappa shape index (κ3) is 2.80. The van der Waals surface area contributed by atoms with Crippen LogP contribution in [0.5, 0.6) is 5.75 Å². The van der Waals surface area contributed by atoms with Gasteiger partial charge in [-0.3, -0.25) is 4.90 Å². The number of phenolic OH excluding ortho intramolecular Hbond substituents is 1. The Hall–Kier alpha value is -1.16. The highest BCUT2D eigenvalue weighted by Crippen LogP contribution is 2.25. The molecule has 100 valence electrons. The SMILES string of the molecule is CCC1CCCCN1Cc1cc(F)c(O)c(F)c1. The molecule has 1 aromatic carbocycles. The number of nitrogens with zero attached hydrogens (tertiary/aromatic N) is 1. The average molecular weight is 255 g/mol. The van der Waals surface area contributed by atoms with Crippen LogP contribution in [0.15, 0.2) is 12.1 Å². The second-order valence-electron chi connectivity index (χ2n) is 4.94.